The van der Waals surface area contributed by atoms with E-state index in [1.54, 1.807) is 0 Å². The minimum atomic E-state index is 0. The summed E-state index contributed by atoms with van der Waals surface area (Å²) >= 11 is 0. The number of hydrogen-bond donors (Lipinski definition) is 0. The Balaban J connectivity index is 0.00000112. The first kappa shape index (κ1) is 12.8. The molecule has 0 heterocycles. The van der Waals surface area contributed by atoms with Gasteiger partial charge in [-0.15, -0.1) is 0 Å². The van der Waals surface area contributed by atoms with Crippen LogP contribution in [0.1, 0.15) is 31.7 Å². The Labute approximate surface area is 114 Å². The van der Waals surface area contributed by atoms with Crippen LogP contribution in [-0.4, -0.2) is 29.6 Å². The summed E-state index contributed by atoms with van der Waals surface area (Å²) in [7, 11) is 0. The van der Waals surface area contributed by atoms with Gasteiger partial charge in [0.05, 0.1) is 0 Å². The Morgan fingerprint density at radius 1 is 1.00 bits per heavy atom. The molecular weight excluding hydrogens is 191 g/mol. The van der Waals surface area contributed by atoms with Crippen LogP contribution in [0.4, 0.5) is 0 Å². The summed E-state index contributed by atoms with van der Waals surface area (Å²) in [5.41, 5.74) is 1.48. The van der Waals surface area contributed by atoms with E-state index in [1.807, 2.05) is 0 Å². The van der Waals surface area contributed by atoms with Crippen molar-refractivity contribution in [3.8, 4) is 0 Å². The van der Waals surface area contributed by atoms with Gasteiger partial charge < -0.3 is 0 Å². The fraction of sp³-hybridized carbons (Fsp3) is 0.286. The zero-order valence-corrected chi connectivity index (χ0v) is 8.83. The first-order valence-electron chi connectivity index (χ1n) is 5.30. The number of fused-ring (bicyclic) bond motifs is 1. The van der Waals surface area contributed by atoms with E-state index in [1.165, 1.54) is 22.8 Å². The molecule has 0 saturated heterocycles. The van der Waals surface area contributed by atoms with E-state index in [0.717, 1.165) is 0 Å². The van der Waals surface area contributed by atoms with Gasteiger partial charge in [-0.3, -0.25) is 0 Å². The van der Waals surface area contributed by atoms with E-state index in [0.29, 0.717) is 5.92 Å². The molecule has 2 aromatic rings. The van der Waals surface area contributed by atoms with E-state index < -0.39 is 0 Å². The average Bonchev–Trinajstić information content (AvgIpc) is 2.27. The van der Waals surface area contributed by atoms with Crippen molar-refractivity contribution in [1.82, 2.24) is 0 Å². The molecule has 0 radical (unpaired) electrons. The molecule has 74 valence electrons. The summed E-state index contributed by atoms with van der Waals surface area (Å²) in [5, 5.41) is 2.76. The maximum atomic E-state index is 2.29. The van der Waals surface area contributed by atoms with Crippen molar-refractivity contribution in [3.05, 3.63) is 48.0 Å². The summed E-state index contributed by atoms with van der Waals surface area (Å²) in [6, 6.07) is 15.2. The van der Waals surface area contributed by atoms with Gasteiger partial charge in [-0.05, 0) is 28.7 Å². The van der Waals surface area contributed by atoms with Gasteiger partial charge in [-0.2, -0.15) is 0 Å². The molecule has 0 fully saturated rings. The van der Waals surface area contributed by atoms with Crippen LogP contribution in [0.15, 0.2) is 42.5 Å². The van der Waals surface area contributed by atoms with Crippen LogP contribution in [-0.2, 0) is 0 Å². The fourth-order valence-corrected chi connectivity index (χ4v) is 1.90. The summed E-state index contributed by atoms with van der Waals surface area (Å²) in [5.74, 6) is 0.654. The van der Waals surface area contributed by atoms with Crippen molar-refractivity contribution in [3.63, 3.8) is 0 Å². The van der Waals surface area contributed by atoms with Crippen molar-refractivity contribution >= 4 is 40.3 Å². The molecule has 0 aliphatic rings. The number of hydrogen-bond acceptors (Lipinski definition) is 0. The summed E-state index contributed by atoms with van der Waals surface area (Å²) in [4.78, 5) is 0. The number of benzene rings is 2. The molecule has 0 N–H and O–H groups in total. The molecule has 0 spiro atoms. The van der Waals surface area contributed by atoms with Crippen LogP contribution in [0.5, 0.6) is 0 Å². The first-order chi connectivity index (χ1) is 6.83. The second kappa shape index (κ2) is 5.69. The van der Waals surface area contributed by atoms with Gasteiger partial charge in [-0.1, -0.05) is 56.3 Å². The van der Waals surface area contributed by atoms with E-state index >= 15 is 0 Å². The Morgan fingerprint density at radius 3 is 2.40 bits per heavy atom. The topological polar surface area (TPSA) is 0 Å². The third-order valence-corrected chi connectivity index (χ3v) is 2.97. The third-order valence-electron chi connectivity index (χ3n) is 2.97. The van der Waals surface area contributed by atoms with Gasteiger partial charge in [0, 0.05) is 0 Å². The van der Waals surface area contributed by atoms with Gasteiger partial charge in [-0.25, -0.2) is 0 Å². The van der Waals surface area contributed by atoms with E-state index in [4.69, 9.17) is 0 Å². The van der Waals surface area contributed by atoms with Crippen molar-refractivity contribution in [1.29, 1.82) is 0 Å². The molecule has 1 heteroatoms. The molecule has 0 aromatic heterocycles. The Hall–Kier alpha value is -0.300. The van der Waals surface area contributed by atoms with Crippen molar-refractivity contribution in [2.75, 3.05) is 0 Å². The van der Waals surface area contributed by atoms with Crippen LogP contribution in [0, 0.1) is 0 Å². The Morgan fingerprint density at radius 2 is 1.67 bits per heavy atom. The Bertz CT molecular complexity index is 429. The predicted molar refractivity (Wildman–Crippen MR) is 69.8 cm³/mol. The van der Waals surface area contributed by atoms with Gasteiger partial charge in [0.1, 0.15) is 0 Å². The molecule has 0 amide bonds. The molecule has 1 unspecified atom stereocenters. The molecule has 2 aromatic carbocycles. The molecule has 1 atom stereocenters. The molecule has 15 heavy (non-hydrogen) atoms. The standard InChI is InChI=1S/C14H16.Na.H/c1-3-11(2)13-10-6-8-12-7-4-5-9-14(12)13;;/h4-11H,3H2,1-2H3;;. The zero-order valence-electron chi connectivity index (χ0n) is 8.83. The predicted octanol–water partition coefficient (Wildman–Crippen LogP) is 3.70. The average molecular weight is 208 g/mol. The summed E-state index contributed by atoms with van der Waals surface area (Å²) in [6.07, 6.45) is 1.20. The van der Waals surface area contributed by atoms with Crippen LogP contribution < -0.4 is 0 Å². The summed E-state index contributed by atoms with van der Waals surface area (Å²) < 4.78 is 0. The van der Waals surface area contributed by atoms with E-state index in [2.05, 4.69) is 56.3 Å². The van der Waals surface area contributed by atoms with Crippen molar-refractivity contribution < 1.29 is 0 Å². The van der Waals surface area contributed by atoms with Gasteiger partial charge >= 0.3 is 29.6 Å². The van der Waals surface area contributed by atoms with Crippen LogP contribution in [0.2, 0.25) is 0 Å². The third kappa shape index (κ3) is 2.63. The molecule has 0 bridgehead atoms. The zero-order chi connectivity index (χ0) is 9.97. The second-order valence-corrected chi connectivity index (χ2v) is 3.88. The van der Waals surface area contributed by atoms with Gasteiger partial charge in [0.2, 0.25) is 0 Å². The molecule has 2 rings (SSSR count). The van der Waals surface area contributed by atoms with E-state index in [9.17, 15) is 0 Å². The molecule has 0 nitrogen and oxygen atoms in total. The monoisotopic (exact) mass is 208 g/mol. The van der Waals surface area contributed by atoms with Crippen molar-refractivity contribution in [2.24, 2.45) is 0 Å². The molecule has 0 aliphatic carbocycles. The van der Waals surface area contributed by atoms with Crippen LogP contribution in [0.25, 0.3) is 10.8 Å². The van der Waals surface area contributed by atoms with Crippen LogP contribution >= 0.6 is 0 Å². The quantitative estimate of drug-likeness (QED) is 0.660. The minimum absolute atomic E-state index is 0. The molecule has 0 aliphatic heterocycles. The van der Waals surface area contributed by atoms with E-state index in [-0.39, 0.29) is 29.6 Å². The van der Waals surface area contributed by atoms with Crippen LogP contribution in [0.3, 0.4) is 0 Å². The van der Waals surface area contributed by atoms with Gasteiger partial charge in [0.15, 0.2) is 0 Å². The fourth-order valence-electron chi connectivity index (χ4n) is 1.90. The molecule has 0 saturated carbocycles. The first-order valence-corrected chi connectivity index (χ1v) is 5.30. The normalized spacial score (nSPS) is 12.1. The summed E-state index contributed by atoms with van der Waals surface area (Å²) in [6.45, 7) is 4.54. The Kier molecular flexibility index (Phi) is 4.85. The maximum absolute atomic E-state index is 2.29. The molecular formula is C14H17Na. The SMILES string of the molecule is CCC(C)c1cccc2ccccc12.[NaH]. The van der Waals surface area contributed by atoms with Gasteiger partial charge in [0.25, 0.3) is 0 Å². The second-order valence-electron chi connectivity index (χ2n) is 3.88. The van der Waals surface area contributed by atoms with Crippen molar-refractivity contribution in [2.45, 2.75) is 26.2 Å². The number of rotatable bonds is 2.